The molecule has 1 saturated carbocycles. The predicted octanol–water partition coefficient (Wildman–Crippen LogP) is 6.64. The summed E-state index contributed by atoms with van der Waals surface area (Å²) in [4.78, 5) is 0.402. The highest BCUT2D eigenvalue weighted by Gasteiger charge is 2.24. The van der Waals surface area contributed by atoms with E-state index < -0.39 is 0 Å². The van der Waals surface area contributed by atoms with Crippen molar-refractivity contribution in [2.45, 2.75) is 56.7 Å². The van der Waals surface area contributed by atoms with Gasteiger partial charge in [-0.1, -0.05) is 64.0 Å². The second kappa shape index (κ2) is 8.43. The molecule has 0 aliphatic heterocycles. The summed E-state index contributed by atoms with van der Waals surface area (Å²) in [6, 6.07) is 6.36. The summed E-state index contributed by atoms with van der Waals surface area (Å²) in [5.41, 5.74) is 1.30. The van der Waals surface area contributed by atoms with Crippen LogP contribution in [0.5, 0.6) is 5.75 Å². The molecule has 112 valence electrons. The Kier molecular flexibility index (Phi) is 6.89. The third kappa shape index (κ3) is 4.49. The smallest absolute Gasteiger partial charge is 0.123 e. The van der Waals surface area contributed by atoms with Crippen LogP contribution in [-0.4, -0.2) is 6.61 Å². The first-order valence-electron chi connectivity index (χ1n) is 7.78. The van der Waals surface area contributed by atoms with E-state index in [1.165, 1.54) is 50.5 Å². The Morgan fingerprint density at radius 1 is 1.15 bits per heavy atom. The SMILES string of the molecule is CCOc1ccc(Br)cc1C(Br)C1CCCCCCC1. The van der Waals surface area contributed by atoms with Gasteiger partial charge in [0.1, 0.15) is 5.75 Å². The Morgan fingerprint density at radius 3 is 2.45 bits per heavy atom. The van der Waals surface area contributed by atoms with Gasteiger partial charge in [0.15, 0.2) is 0 Å². The van der Waals surface area contributed by atoms with E-state index in [9.17, 15) is 0 Å². The lowest BCUT2D eigenvalue weighted by atomic mass is 9.86. The van der Waals surface area contributed by atoms with Gasteiger partial charge in [-0.25, -0.2) is 0 Å². The molecule has 3 heteroatoms. The molecule has 0 radical (unpaired) electrons. The van der Waals surface area contributed by atoms with Crippen molar-refractivity contribution < 1.29 is 4.74 Å². The Morgan fingerprint density at radius 2 is 1.80 bits per heavy atom. The molecule has 2 rings (SSSR count). The largest absolute Gasteiger partial charge is 0.494 e. The van der Waals surface area contributed by atoms with Crippen LogP contribution in [0.2, 0.25) is 0 Å². The van der Waals surface area contributed by atoms with Crippen LogP contribution < -0.4 is 4.74 Å². The third-order valence-corrected chi connectivity index (χ3v) is 5.87. The molecule has 0 spiro atoms. The minimum Gasteiger partial charge on any atom is -0.494 e. The van der Waals surface area contributed by atoms with Crippen molar-refractivity contribution in [3.05, 3.63) is 28.2 Å². The summed E-state index contributed by atoms with van der Waals surface area (Å²) in [5.74, 6) is 1.75. The Bertz CT molecular complexity index is 411. The fourth-order valence-corrected chi connectivity index (χ4v) is 4.32. The fraction of sp³-hybridized carbons (Fsp3) is 0.647. The van der Waals surface area contributed by atoms with E-state index in [1.54, 1.807) is 0 Å². The molecule has 1 aromatic carbocycles. The number of hydrogen-bond acceptors (Lipinski definition) is 1. The second-order valence-electron chi connectivity index (χ2n) is 5.62. The van der Waals surface area contributed by atoms with E-state index in [1.807, 2.05) is 6.92 Å². The molecule has 1 aliphatic carbocycles. The topological polar surface area (TPSA) is 9.23 Å². The molecule has 1 fully saturated rings. The van der Waals surface area contributed by atoms with Gasteiger partial charge in [-0.2, -0.15) is 0 Å². The molecular formula is C17H24Br2O. The molecule has 1 aliphatic rings. The van der Waals surface area contributed by atoms with Gasteiger partial charge in [-0.3, -0.25) is 0 Å². The van der Waals surface area contributed by atoms with Gasteiger partial charge in [0.25, 0.3) is 0 Å². The Labute approximate surface area is 139 Å². The second-order valence-corrected chi connectivity index (χ2v) is 7.52. The van der Waals surface area contributed by atoms with Crippen molar-refractivity contribution in [3.63, 3.8) is 0 Å². The number of rotatable bonds is 4. The molecule has 0 saturated heterocycles. The summed E-state index contributed by atoms with van der Waals surface area (Å²) in [6.07, 6.45) is 9.60. The van der Waals surface area contributed by atoms with Crippen molar-refractivity contribution in [1.82, 2.24) is 0 Å². The lowest BCUT2D eigenvalue weighted by Gasteiger charge is -2.26. The highest BCUT2D eigenvalue weighted by atomic mass is 79.9. The van der Waals surface area contributed by atoms with Crippen molar-refractivity contribution in [1.29, 1.82) is 0 Å². The van der Waals surface area contributed by atoms with Gasteiger partial charge in [0.2, 0.25) is 0 Å². The minimum absolute atomic E-state index is 0.402. The zero-order valence-corrected chi connectivity index (χ0v) is 15.4. The Balaban J connectivity index is 2.17. The third-order valence-electron chi connectivity index (χ3n) is 4.13. The van der Waals surface area contributed by atoms with Crippen molar-refractivity contribution in [2.75, 3.05) is 6.61 Å². The van der Waals surface area contributed by atoms with Gasteiger partial charge in [0, 0.05) is 14.9 Å². The molecule has 0 bridgehead atoms. The van der Waals surface area contributed by atoms with E-state index in [0.717, 1.165) is 22.7 Å². The van der Waals surface area contributed by atoms with Gasteiger partial charge in [0.05, 0.1) is 6.61 Å². The maximum Gasteiger partial charge on any atom is 0.123 e. The van der Waals surface area contributed by atoms with E-state index in [4.69, 9.17) is 4.74 Å². The number of alkyl halides is 1. The quantitative estimate of drug-likeness (QED) is 0.511. The first-order chi connectivity index (χ1) is 9.72. The van der Waals surface area contributed by atoms with Gasteiger partial charge >= 0.3 is 0 Å². The molecular weight excluding hydrogens is 380 g/mol. The van der Waals surface area contributed by atoms with Gasteiger partial charge < -0.3 is 4.74 Å². The maximum atomic E-state index is 5.81. The molecule has 1 atom stereocenters. The monoisotopic (exact) mass is 402 g/mol. The van der Waals surface area contributed by atoms with Gasteiger partial charge in [-0.15, -0.1) is 0 Å². The van der Waals surface area contributed by atoms with Crippen LogP contribution in [0.25, 0.3) is 0 Å². The number of ether oxygens (including phenoxy) is 1. The van der Waals surface area contributed by atoms with Crippen LogP contribution in [0.3, 0.4) is 0 Å². The summed E-state index contributed by atoms with van der Waals surface area (Å²) in [6.45, 7) is 2.77. The average molecular weight is 404 g/mol. The van der Waals surface area contributed by atoms with Gasteiger partial charge in [-0.05, 0) is 43.9 Å². The molecule has 0 heterocycles. The molecule has 20 heavy (non-hydrogen) atoms. The van der Waals surface area contributed by atoms with E-state index in [2.05, 4.69) is 50.1 Å². The number of hydrogen-bond donors (Lipinski definition) is 0. The van der Waals surface area contributed by atoms with Crippen LogP contribution in [-0.2, 0) is 0 Å². The average Bonchev–Trinajstić information content (AvgIpc) is 2.40. The zero-order valence-electron chi connectivity index (χ0n) is 12.2. The van der Waals surface area contributed by atoms with Crippen LogP contribution in [0.15, 0.2) is 22.7 Å². The molecule has 0 N–H and O–H groups in total. The van der Waals surface area contributed by atoms with E-state index in [-0.39, 0.29) is 0 Å². The first kappa shape index (κ1) is 16.4. The molecule has 1 nitrogen and oxygen atoms in total. The lowest BCUT2D eigenvalue weighted by molar-refractivity contribution is 0.327. The normalized spacial score (nSPS) is 19.1. The maximum absolute atomic E-state index is 5.81. The summed E-state index contributed by atoms with van der Waals surface area (Å²) >= 11 is 7.55. The van der Waals surface area contributed by atoms with E-state index >= 15 is 0 Å². The Hall–Kier alpha value is -0.0200. The standard InChI is InChI=1S/C17H24Br2O/c1-2-20-16-11-10-14(18)12-15(16)17(19)13-8-6-4-3-5-7-9-13/h10-13,17H,2-9H2,1H3. The zero-order chi connectivity index (χ0) is 14.4. The summed E-state index contributed by atoms with van der Waals surface area (Å²) < 4.78 is 6.94. The minimum atomic E-state index is 0.402. The van der Waals surface area contributed by atoms with Crippen molar-refractivity contribution in [3.8, 4) is 5.75 Å². The van der Waals surface area contributed by atoms with Crippen molar-refractivity contribution >= 4 is 31.9 Å². The highest BCUT2D eigenvalue weighted by molar-refractivity contribution is 9.10. The molecule has 1 unspecified atom stereocenters. The fourth-order valence-electron chi connectivity index (χ4n) is 3.06. The van der Waals surface area contributed by atoms with Crippen LogP contribution in [0, 0.1) is 5.92 Å². The van der Waals surface area contributed by atoms with Crippen molar-refractivity contribution in [2.24, 2.45) is 5.92 Å². The van der Waals surface area contributed by atoms with Crippen LogP contribution in [0.1, 0.15) is 62.3 Å². The number of benzene rings is 1. The summed E-state index contributed by atoms with van der Waals surface area (Å²) in [5, 5.41) is 0. The molecule has 0 aromatic heterocycles. The summed E-state index contributed by atoms with van der Waals surface area (Å²) in [7, 11) is 0. The molecule has 0 amide bonds. The van der Waals surface area contributed by atoms with Crippen LogP contribution >= 0.6 is 31.9 Å². The predicted molar refractivity (Wildman–Crippen MR) is 92.8 cm³/mol. The first-order valence-corrected chi connectivity index (χ1v) is 9.49. The van der Waals surface area contributed by atoms with E-state index in [0.29, 0.717) is 4.83 Å². The molecule has 1 aromatic rings. The van der Waals surface area contributed by atoms with Crippen LogP contribution in [0.4, 0.5) is 0 Å². The lowest BCUT2D eigenvalue weighted by Crippen LogP contribution is -2.11. The number of halogens is 2. The highest BCUT2D eigenvalue weighted by Crippen LogP contribution is 2.43.